The van der Waals surface area contributed by atoms with Crippen LogP contribution < -0.4 is 0 Å². The van der Waals surface area contributed by atoms with Crippen molar-refractivity contribution in [3.05, 3.63) is 57.6 Å². The molecule has 0 amide bonds. The van der Waals surface area contributed by atoms with Gasteiger partial charge in [-0.2, -0.15) is 5.26 Å². The van der Waals surface area contributed by atoms with Gasteiger partial charge in [0.25, 0.3) is 0 Å². The molecule has 0 radical (unpaired) electrons. The zero-order chi connectivity index (χ0) is 13.9. The number of hydrogen-bond acceptors (Lipinski definition) is 4. The molecule has 2 aromatic rings. The van der Waals surface area contributed by atoms with Crippen molar-refractivity contribution in [1.82, 2.24) is 14.9 Å². The van der Waals surface area contributed by atoms with Gasteiger partial charge in [-0.25, -0.2) is 4.98 Å². The van der Waals surface area contributed by atoms with Gasteiger partial charge in [0, 0.05) is 43.5 Å². The second kappa shape index (κ2) is 5.53. The Balaban J connectivity index is 1.79. The molecule has 1 N–H and O–H groups in total. The highest BCUT2D eigenvalue weighted by atomic mass is 32.1. The van der Waals surface area contributed by atoms with E-state index >= 15 is 0 Å². The molecule has 0 aliphatic carbocycles. The highest BCUT2D eigenvalue weighted by molar-refractivity contribution is 7.71. The van der Waals surface area contributed by atoms with Crippen molar-refractivity contribution in [2.24, 2.45) is 0 Å². The van der Waals surface area contributed by atoms with Crippen molar-refractivity contribution >= 4 is 12.2 Å². The van der Waals surface area contributed by atoms with Crippen molar-refractivity contribution in [1.29, 1.82) is 5.26 Å². The molecule has 0 atom stereocenters. The third kappa shape index (κ3) is 2.62. The van der Waals surface area contributed by atoms with E-state index in [1.807, 2.05) is 30.5 Å². The zero-order valence-electron chi connectivity index (χ0n) is 11.0. The Morgan fingerprint density at radius 2 is 2.25 bits per heavy atom. The lowest BCUT2D eigenvalue weighted by Crippen LogP contribution is -2.31. The second-order valence-corrected chi connectivity index (χ2v) is 5.31. The molecule has 0 saturated heterocycles. The average Bonchev–Trinajstić information content (AvgIpc) is 2.48. The van der Waals surface area contributed by atoms with Crippen LogP contribution in [0.4, 0.5) is 0 Å². The number of nitriles is 1. The lowest BCUT2D eigenvalue weighted by Gasteiger charge is -2.28. The van der Waals surface area contributed by atoms with Crippen LogP contribution in [0.3, 0.4) is 0 Å². The number of H-pyrrole nitrogens is 1. The Kier molecular flexibility index (Phi) is 3.59. The summed E-state index contributed by atoms with van der Waals surface area (Å²) in [6.45, 7) is 2.59. The number of aromatic nitrogens is 2. The summed E-state index contributed by atoms with van der Waals surface area (Å²) >= 11 is 5.05. The summed E-state index contributed by atoms with van der Waals surface area (Å²) in [5.74, 6) is 0. The van der Waals surface area contributed by atoms with E-state index in [0.29, 0.717) is 4.77 Å². The van der Waals surface area contributed by atoms with Gasteiger partial charge >= 0.3 is 0 Å². The van der Waals surface area contributed by atoms with Gasteiger partial charge in [0.15, 0.2) is 4.77 Å². The molecule has 5 heteroatoms. The third-order valence-corrected chi connectivity index (χ3v) is 3.79. The van der Waals surface area contributed by atoms with Crippen LogP contribution in [0.5, 0.6) is 0 Å². The number of fused-ring (bicyclic) bond motifs is 1. The summed E-state index contributed by atoms with van der Waals surface area (Å²) in [5, 5.41) is 9.14. The largest absolute Gasteiger partial charge is 0.334 e. The summed E-state index contributed by atoms with van der Waals surface area (Å²) in [7, 11) is 0. The summed E-state index contributed by atoms with van der Waals surface area (Å²) in [4.78, 5) is 9.64. The number of nitrogens with one attached hydrogen (secondary N) is 1. The number of hydrogen-bond donors (Lipinski definition) is 1. The molecule has 3 rings (SSSR count). The molecule has 1 aromatic carbocycles. The van der Waals surface area contributed by atoms with Gasteiger partial charge in [0.1, 0.15) is 0 Å². The summed E-state index contributed by atoms with van der Waals surface area (Å²) < 4.78 is 0.548. The monoisotopic (exact) mass is 282 g/mol. The predicted octanol–water partition coefficient (Wildman–Crippen LogP) is 2.57. The first-order valence-corrected chi connectivity index (χ1v) is 6.94. The van der Waals surface area contributed by atoms with E-state index in [1.165, 1.54) is 11.3 Å². The first kappa shape index (κ1) is 13.0. The topological polar surface area (TPSA) is 55.7 Å². The zero-order valence-corrected chi connectivity index (χ0v) is 11.8. The van der Waals surface area contributed by atoms with Crippen LogP contribution >= 0.6 is 12.2 Å². The van der Waals surface area contributed by atoms with Crippen LogP contribution in [0.15, 0.2) is 30.5 Å². The van der Waals surface area contributed by atoms with Crippen LogP contribution in [-0.4, -0.2) is 21.4 Å². The van der Waals surface area contributed by atoms with E-state index in [2.05, 4.69) is 20.9 Å². The van der Waals surface area contributed by atoms with Crippen LogP contribution in [0.2, 0.25) is 0 Å². The van der Waals surface area contributed by atoms with Crippen molar-refractivity contribution in [3.63, 3.8) is 0 Å². The standard InChI is InChI=1S/C15H14N4S/c16-7-11-3-1-2-4-12(11)9-19-6-5-14-13(10-19)8-17-15(20)18-14/h1-4,8H,5-6,9-10H2,(H,17,18,20). The SMILES string of the molecule is N#Cc1ccccc1CN1CCc2[nH]c(=S)ncc2C1. The molecule has 1 aromatic heterocycles. The van der Waals surface area contributed by atoms with Gasteiger partial charge in [-0.05, 0) is 23.8 Å². The summed E-state index contributed by atoms with van der Waals surface area (Å²) in [6.07, 6.45) is 2.80. The fourth-order valence-corrected chi connectivity index (χ4v) is 2.72. The third-order valence-electron chi connectivity index (χ3n) is 3.59. The highest BCUT2D eigenvalue weighted by Crippen LogP contribution is 2.19. The van der Waals surface area contributed by atoms with Gasteiger partial charge in [-0.15, -0.1) is 0 Å². The smallest absolute Gasteiger partial charge is 0.196 e. The lowest BCUT2D eigenvalue weighted by atomic mass is 10.0. The highest BCUT2D eigenvalue weighted by Gasteiger charge is 2.17. The van der Waals surface area contributed by atoms with Crippen molar-refractivity contribution < 1.29 is 0 Å². The molecular formula is C15H14N4S. The molecule has 0 fully saturated rings. The minimum atomic E-state index is 0.548. The van der Waals surface area contributed by atoms with Gasteiger partial charge < -0.3 is 4.98 Å². The van der Waals surface area contributed by atoms with Gasteiger partial charge in [0.2, 0.25) is 0 Å². The first-order chi connectivity index (χ1) is 9.76. The van der Waals surface area contributed by atoms with Crippen LogP contribution in [0.25, 0.3) is 0 Å². The quantitative estimate of drug-likeness (QED) is 0.860. The molecule has 100 valence electrons. The van der Waals surface area contributed by atoms with E-state index in [9.17, 15) is 0 Å². The summed E-state index contributed by atoms with van der Waals surface area (Å²) in [6, 6.07) is 10.0. The molecule has 0 spiro atoms. The number of benzene rings is 1. The Bertz CT molecular complexity index is 729. The van der Waals surface area contributed by atoms with E-state index in [1.54, 1.807) is 0 Å². The van der Waals surface area contributed by atoms with Gasteiger partial charge in [-0.1, -0.05) is 18.2 Å². The molecule has 1 aliphatic heterocycles. The maximum atomic E-state index is 9.14. The molecule has 4 nitrogen and oxygen atoms in total. The molecule has 1 aliphatic rings. The Labute approximate surface area is 122 Å². The van der Waals surface area contributed by atoms with Crippen molar-refractivity contribution in [3.8, 4) is 6.07 Å². The van der Waals surface area contributed by atoms with E-state index in [-0.39, 0.29) is 0 Å². The molecule has 0 saturated carbocycles. The van der Waals surface area contributed by atoms with Gasteiger partial charge in [0.05, 0.1) is 11.6 Å². The van der Waals surface area contributed by atoms with Crippen LogP contribution in [-0.2, 0) is 19.5 Å². The predicted molar refractivity (Wildman–Crippen MR) is 78.4 cm³/mol. The fourth-order valence-electron chi connectivity index (χ4n) is 2.55. The number of rotatable bonds is 2. The van der Waals surface area contributed by atoms with Gasteiger partial charge in [-0.3, -0.25) is 4.90 Å². The van der Waals surface area contributed by atoms with E-state index in [0.717, 1.165) is 37.2 Å². The average molecular weight is 282 g/mol. The summed E-state index contributed by atoms with van der Waals surface area (Å²) in [5.41, 5.74) is 4.22. The van der Waals surface area contributed by atoms with Crippen molar-refractivity contribution in [2.75, 3.05) is 6.54 Å². The molecular weight excluding hydrogens is 268 g/mol. The maximum Gasteiger partial charge on any atom is 0.196 e. The van der Waals surface area contributed by atoms with E-state index in [4.69, 9.17) is 17.5 Å². The second-order valence-electron chi connectivity index (χ2n) is 4.92. The normalized spacial score (nSPS) is 14.6. The Morgan fingerprint density at radius 1 is 1.40 bits per heavy atom. The number of aromatic amines is 1. The van der Waals surface area contributed by atoms with Crippen LogP contribution in [0.1, 0.15) is 22.4 Å². The number of nitrogens with zero attached hydrogens (tertiary/aromatic N) is 3. The lowest BCUT2D eigenvalue weighted by molar-refractivity contribution is 0.242. The molecule has 0 bridgehead atoms. The van der Waals surface area contributed by atoms with E-state index < -0.39 is 0 Å². The van der Waals surface area contributed by atoms with Crippen LogP contribution in [0, 0.1) is 16.1 Å². The Hall–Kier alpha value is -2.03. The first-order valence-electron chi connectivity index (χ1n) is 6.53. The Morgan fingerprint density at radius 3 is 3.10 bits per heavy atom. The minimum Gasteiger partial charge on any atom is -0.334 e. The molecule has 0 unspecified atom stereocenters. The molecule has 20 heavy (non-hydrogen) atoms. The maximum absolute atomic E-state index is 9.14. The molecule has 2 heterocycles. The van der Waals surface area contributed by atoms with Crippen molar-refractivity contribution in [2.45, 2.75) is 19.5 Å². The minimum absolute atomic E-state index is 0.548. The fraction of sp³-hybridized carbons (Fsp3) is 0.267.